The summed E-state index contributed by atoms with van der Waals surface area (Å²) in [6, 6.07) is 14.0. The maximum atomic E-state index is 6.26. The minimum atomic E-state index is -2.69. The summed E-state index contributed by atoms with van der Waals surface area (Å²) in [5, 5.41) is 2.12. The molecule has 0 saturated carbocycles. The molecular weight excluding hydrogens is 372 g/mol. The molecule has 1 aromatic heterocycles. The van der Waals surface area contributed by atoms with Crippen molar-refractivity contribution < 1.29 is 13.3 Å². The van der Waals surface area contributed by atoms with Crippen molar-refractivity contribution in [3.8, 4) is 10.4 Å². The molecule has 0 aliphatic rings. The Bertz CT molecular complexity index is 624. The number of aryl methyl sites for hydroxylation is 1. The molecule has 2 aromatic rings. The number of benzene rings is 1. The molecule has 3 nitrogen and oxygen atoms in total. The summed E-state index contributed by atoms with van der Waals surface area (Å²) in [7, 11) is -2.69. The van der Waals surface area contributed by atoms with Crippen LogP contribution in [0.25, 0.3) is 10.4 Å². The van der Waals surface area contributed by atoms with Gasteiger partial charge in [0.1, 0.15) is 0 Å². The highest BCUT2D eigenvalue weighted by molar-refractivity contribution is 7.13. The minimum Gasteiger partial charge on any atom is -0.371 e. The fraction of sp³-hybridized carbons (Fsp3) is 0.545. The lowest BCUT2D eigenvalue weighted by atomic mass is 10.1. The second-order valence-electron chi connectivity index (χ2n) is 7.71. The Morgan fingerprint density at radius 2 is 1.37 bits per heavy atom. The van der Waals surface area contributed by atoms with Gasteiger partial charge in [0.05, 0.1) is 0 Å². The standard InChI is InChI=1S/C22H34O3SSi/c1-17(2)23-27(24-18(3)4,25-19(5)6)16-8-9-20-11-13-21(14-12-20)22-10-7-15-26-22/h7,10-15,17-19H,8-9,16H2,1-6H3. The molecule has 0 unspecified atom stereocenters. The molecule has 0 amide bonds. The molecule has 1 heterocycles. The lowest BCUT2D eigenvalue weighted by Crippen LogP contribution is -2.50. The Hall–Kier alpha value is -0.983. The van der Waals surface area contributed by atoms with E-state index in [2.05, 4.69) is 83.3 Å². The third-order valence-corrected chi connectivity index (χ3v) is 8.33. The van der Waals surface area contributed by atoms with E-state index in [0.29, 0.717) is 0 Å². The molecule has 0 radical (unpaired) electrons. The van der Waals surface area contributed by atoms with Crippen molar-refractivity contribution in [1.82, 2.24) is 0 Å². The Kier molecular flexibility index (Phi) is 8.70. The SMILES string of the molecule is CC(C)O[Si](CCCc1ccc(-c2cccs2)cc1)(OC(C)C)OC(C)C. The zero-order valence-corrected chi connectivity index (χ0v) is 19.3. The normalized spacial score (nSPS) is 12.5. The Balaban J connectivity index is 2.00. The van der Waals surface area contributed by atoms with E-state index in [1.807, 2.05) is 0 Å². The van der Waals surface area contributed by atoms with E-state index in [1.165, 1.54) is 16.0 Å². The fourth-order valence-corrected chi connectivity index (χ4v) is 7.14. The van der Waals surface area contributed by atoms with Crippen LogP contribution in [0.4, 0.5) is 0 Å². The Labute approximate surface area is 170 Å². The molecule has 27 heavy (non-hydrogen) atoms. The van der Waals surface area contributed by atoms with Crippen LogP contribution in [0.1, 0.15) is 53.5 Å². The van der Waals surface area contributed by atoms with Crippen molar-refractivity contribution in [2.45, 2.75) is 78.7 Å². The molecule has 0 spiro atoms. The molecule has 0 saturated heterocycles. The molecule has 1 aromatic carbocycles. The molecule has 0 bridgehead atoms. The highest BCUT2D eigenvalue weighted by Gasteiger charge is 2.43. The van der Waals surface area contributed by atoms with E-state index >= 15 is 0 Å². The van der Waals surface area contributed by atoms with Crippen LogP contribution in [0, 0.1) is 0 Å². The van der Waals surface area contributed by atoms with Crippen LogP contribution in [0.2, 0.25) is 6.04 Å². The van der Waals surface area contributed by atoms with Crippen LogP contribution in [0.15, 0.2) is 41.8 Å². The van der Waals surface area contributed by atoms with Gasteiger partial charge in [0.15, 0.2) is 0 Å². The first-order valence-corrected chi connectivity index (χ1v) is 12.8. The highest BCUT2D eigenvalue weighted by atomic mass is 32.1. The zero-order chi connectivity index (χ0) is 19.9. The van der Waals surface area contributed by atoms with Crippen LogP contribution in [0.5, 0.6) is 0 Å². The van der Waals surface area contributed by atoms with Crippen LogP contribution < -0.4 is 0 Å². The highest BCUT2D eigenvalue weighted by Crippen LogP contribution is 2.27. The van der Waals surface area contributed by atoms with E-state index < -0.39 is 8.80 Å². The van der Waals surface area contributed by atoms with Gasteiger partial charge in [-0.3, -0.25) is 0 Å². The monoisotopic (exact) mass is 406 g/mol. The lowest BCUT2D eigenvalue weighted by Gasteiger charge is -2.34. The number of thiophene rings is 1. The molecular formula is C22H34O3SSi. The average molecular weight is 407 g/mol. The van der Waals surface area contributed by atoms with Crippen LogP contribution >= 0.6 is 11.3 Å². The largest absolute Gasteiger partial charge is 0.501 e. The molecule has 0 atom stereocenters. The first-order valence-electron chi connectivity index (χ1n) is 9.96. The summed E-state index contributed by atoms with van der Waals surface area (Å²) in [5.74, 6) is 0. The van der Waals surface area contributed by atoms with Gasteiger partial charge in [0.2, 0.25) is 0 Å². The molecule has 2 rings (SSSR count). The van der Waals surface area contributed by atoms with E-state index in [4.69, 9.17) is 13.3 Å². The van der Waals surface area contributed by atoms with Gasteiger partial charge in [-0.05, 0) is 77.0 Å². The second kappa shape index (κ2) is 10.5. The molecule has 0 N–H and O–H groups in total. The topological polar surface area (TPSA) is 27.7 Å². The van der Waals surface area contributed by atoms with Crippen LogP contribution in [-0.4, -0.2) is 27.1 Å². The molecule has 0 aliphatic heterocycles. The third-order valence-electron chi connectivity index (χ3n) is 3.95. The number of rotatable bonds is 11. The maximum Gasteiger partial charge on any atom is 0.501 e. The Morgan fingerprint density at radius 1 is 0.815 bits per heavy atom. The average Bonchev–Trinajstić information content (AvgIpc) is 3.07. The number of hydrogen-bond donors (Lipinski definition) is 0. The van der Waals surface area contributed by atoms with Crippen LogP contribution in [0.3, 0.4) is 0 Å². The summed E-state index contributed by atoms with van der Waals surface area (Å²) in [4.78, 5) is 1.31. The van der Waals surface area contributed by atoms with Gasteiger partial charge in [0.25, 0.3) is 0 Å². The first-order chi connectivity index (χ1) is 12.8. The summed E-state index contributed by atoms with van der Waals surface area (Å²) in [6.07, 6.45) is 2.29. The van der Waals surface area contributed by atoms with Gasteiger partial charge in [-0.15, -0.1) is 11.3 Å². The summed E-state index contributed by atoms with van der Waals surface area (Å²) in [5.41, 5.74) is 2.63. The van der Waals surface area contributed by atoms with Crippen molar-refractivity contribution in [3.05, 3.63) is 47.3 Å². The molecule has 5 heteroatoms. The fourth-order valence-electron chi connectivity index (χ4n) is 3.12. The first kappa shape index (κ1) is 22.3. The van der Waals surface area contributed by atoms with Gasteiger partial charge in [0, 0.05) is 29.2 Å². The van der Waals surface area contributed by atoms with Gasteiger partial charge in [-0.1, -0.05) is 30.3 Å². The predicted molar refractivity (Wildman–Crippen MR) is 117 cm³/mol. The van der Waals surface area contributed by atoms with E-state index in [0.717, 1.165) is 18.9 Å². The predicted octanol–water partition coefficient (Wildman–Crippen LogP) is 6.56. The maximum absolute atomic E-state index is 6.26. The van der Waals surface area contributed by atoms with E-state index in [-0.39, 0.29) is 18.3 Å². The van der Waals surface area contributed by atoms with Crippen molar-refractivity contribution in [1.29, 1.82) is 0 Å². The van der Waals surface area contributed by atoms with Gasteiger partial charge < -0.3 is 13.3 Å². The molecule has 0 aliphatic carbocycles. The van der Waals surface area contributed by atoms with Crippen molar-refractivity contribution >= 4 is 20.1 Å². The smallest absolute Gasteiger partial charge is 0.371 e. The number of hydrogen-bond acceptors (Lipinski definition) is 4. The third kappa shape index (κ3) is 7.51. The summed E-state index contributed by atoms with van der Waals surface area (Å²) < 4.78 is 18.8. The zero-order valence-electron chi connectivity index (χ0n) is 17.5. The van der Waals surface area contributed by atoms with E-state index in [1.54, 1.807) is 11.3 Å². The molecule has 150 valence electrons. The van der Waals surface area contributed by atoms with Gasteiger partial charge in [-0.25, -0.2) is 0 Å². The quantitative estimate of drug-likeness (QED) is 0.395. The summed E-state index contributed by atoms with van der Waals surface area (Å²) >= 11 is 1.78. The van der Waals surface area contributed by atoms with Crippen LogP contribution in [-0.2, 0) is 19.7 Å². The van der Waals surface area contributed by atoms with Gasteiger partial charge >= 0.3 is 8.80 Å². The van der Waals surface area contributed by atoms with E-state index in [9.17, 15) is 0 Å². The second-order valence-corrected chi connectivity index (χ2v) is 11.2. The molecule has 0 fully saturated rings. The van der Waals surface area contributed by atoms with Crippen molar-refractivity contribution in [3.63, 3.8) is 0 Å². The minimum absolute atomic E-state index is 0.0965. The van der Waals surface area contributed by atoms with Crippen molar-refractivity contribution in [2.24, 2.45) is 0 Å². The lowest BCUT2D eigenvalue weighted by molar-refractivity contribution is 0.00292. The summed E-state index contributed by atoms with van der Waals surface area (Å²) in [6.45, 7) is 12.3. The van der Waals surface area contributed by atoms with Crippen molar-refractivity contribution in [2.75, 3.05) is 0 Å². The Morgan fingerprint density at radius 3 is 1.81 bits per heavy atom. The van der Waals surface area contributed by atoms with Gasteiger partial charge in [-0.2, -0.15) is 0 Å².